The van der Waals surface area contributed by atoms with Crippen LogP contribution in [-0.4, -0.2) is 39.7 Å². The maximum Gasteiger partial charge on any atom is 1.00 e. The fraction of sp³-hybridized carbons (Fsp3) is 0.750. The Balaban J connectivity index is -0.000000111. The number of hydrogen-bond acceptors (Lipinski definition) is 4. The van der Waals surface area contributed by atoms with Gasteiger partial charge in [-0.05, 0) is 0 Å². The normalized spacial score (nSPS) is 9.27. The first kappa shape index (κ1) is 29.8. The molecule has 0 saturated heterocycles. The minimum absolute atomic E-state index is 0. The molecule has 0 spiro atoms. The van der Waals surface area contributed by atoms with E-state index in [2.05, 4.69) is 20.3 Å². The summed E-state index contributed by atoms with van der Waals surface area (Å²) >= 11 is 0. The maximum absolute atomic E-state index is 9.64. The smallest absolute Gasteiger partial charge is 0.481 e. The molecule has 0 atom stereocenters. The van der Waals surface area contributed by atoms with Crippen LogP contribution in [0.4, 0.5) is 0 Å². The van der Waals surface area contributed by atoms with Crippen molar-refractivity contribution in [1.82, 2.24) is 0 Å². The van der Waals surface area contributed by atoms with Gasteiger partial charge >= 0.3 is 51.9 Å². The van der Waals surface area contributed by atoms with Gasteiger partial charge in [-0.3, -0.25) is 18.7 Å². The third-order valence-electron chi connectivity index (χ3n) is 1.85. The van der Waals surface area contributed by atoms with Crippen molar-refractivity contribution in [2.75, 3.05) is 0 Å². The summed E-state index contributed by atoms with van der Waals surface area (Å²) in [5.41, 5.74) is 0. The monoisotopic (exact) mass is 352 g/mol. The van der Waals surface area contributed by atoms with Crippen LogP contribution >= 0.6 is 0 Å². The maximum atomic E-state index is 9.64. The van der Waals surface area contributed by atoms with Crippen LogP contribution in [-0.2, 0) is 20.0 Å². The molecule has 0 amide bonds. The molecule has 4 N–H and O–H groups in total. The van der Waals surface area contributed by atoms with Crippen molar-refractivity contribution in [2.24, 2.45) is 0 Å². The molecule has 0 aromatic heterocycles. The van der Waals surface area contributed by atoms with E-state index in [4.69, 9.17) is 27.7 Å². The molecular formula is C12H25NaO8S. The van der Waals surface area contributed by atoms with Crippen LogP contribution in [0, 0.1) is 6.42 Å². The van der Waals surface area contributed by atoms with E-state index in [1.165, 1.54) is 32.1 Å². The Morgan fingerprint density at radius 1 is 0.955 bits per heavy atom. The first-order valence-electron chi connectivity index (χ1n) is 6.49. The third kappa shape index (κ3) is 72.8. The Morgan fingerprint density at radius 3 is 1.55 bits per heavy atom. The molecule has 0 aliphatic carbocycles. The summed E-state index contributed by atoms with van der Waals surface area (Å²) in [7, 11) is -4.67. The minimum atomic E-state index is -4.67. The van der Waals surface area contributed by atoms with E-state index in [0.29, 0.717) is 0 Å². The minimum Gasteiger partial charge on any atom is -0.481 e. The Hall–Kier alpha value is -0.190. The second-order valence-corrected chi connectivity index (χ2v) is 4.82. The zero-order valence-electron chi connectivity index (χ0n) is 13.4. The Kier molecular flexibility index (Phi) is 28.2. The average molecular weight is 352 g/mol. The molecule has 8 nitrogen and oxygen atoms in total. The van der Waals surface area contributed by atoms with E-state index in [0.717, 1.165) is 0 Å². The predicted molar refractivity (Wildman–Crippen MR) is 77.4 cm³/mol. The van der Waals surface area contributed by atoms with Crippen LogP contribution in [0.25, 0.3) is 0 Å². The summed E-state index contributed by atoms with van der Waals surface area (Å²) < 4.78 is 31.6. The predicted octanol–water partition coefficient (Wildman–Crippen LogP) is -0.532. The van der Waals surface area contributed by atoms with Gasteiger partial charge in [0.05, 0.1) is 12.8 Å². The van der Waals surface area contributed by atoms with Crippen molar-refractivity contribution in [2.45, 2.75) is 58.8 Å². The van der Waals surface area contributed by atoms with Crippen molar-refractivity contribution in [3.63, 3.8) is 0 Å². The first-order chi connectivity index (χ1) is 9.54. The number of carbonyl (C=O) groups is 2. The summed E-state index contributed by atoms with van der Waals surface area (Å²) in [5.74, 6) is -2.15. The first-order valence-corrected chi connectivity index (χ1v) is 7.89. The van der Waals surface area contributed by atoms with Crippen LogP contribution in [0.3, 0.4) is 0 Å². The van der Waals surface area contributed by atoms with Crippen LogP contribution < -0.4 is 29.6 Å². The fourth-order valence-electron chi connectivity index (χ4n) is 0.957. The van der Waals surface area contributed by atoms with Crippen molar-refractivity contribution in [3.8, 4) is 0 Å². The summed E-state index contributed by atoms with van der Waals surface area (Å²) in [6.45, 7) is 4.44. The van der Waals surface area contributed by atoms with Crippen molar-refractivity contribution < 1.29 is 66.9 Å². The molecule has 0 rings (SSSR count). The molecule has 0 unspecified atom stereocenters. The van der Waals surface area contributed by atoms with Crippen LogP contribution in [0.2, 0.25) is 0 Å². The van der Waals surface area contributed by atoms with Gasteiger partial charge in [-0.15, -0.1) is 0 Å². The zero-order chi connectivity index (χ0) is 17.3. The van der Waals surface area contributed by atoms with Gasteiger partial charge < -0.3 is 16.6 Å². The molecule has 0 fully saturated rings. The molecule has 0 bridgehead atoms. The molecule has 0 aliphatic rings. The molecule has 0 radical (unpaired) electrons. The van der Waals surface area contributed by atoms with Crippen molar-refractivity contribution >= 4 is 22.3 Å². The summed E-state index contributed by atoms with van der Waals surface area (Å²) in [6, 6.07) is 0. The van der Waals surface area contributed by atoms with E-state index in [-0.39, 0.29) is 42.4 Å². The van der Waals surface area contributed by atoms with Crippen molar-refractivity contribution in [1.29, 1.82) is 0 Å². The number of carboxylic acids is 2. The number of hydrogen-bond donors (Lipinski definition) is 4. The van der Waals surface area contributed by atoms with Crippen LogP contribution in [0.5, 0.6) is 0 Å². The average Bonchev–Trinajstić information content (AvgIpc) is 2.31. The molecule has 10 heteroatoms. The standard InChI is InChI=1S/C8H17.C4H6O4.Na.H2O4S/c1-3-5-7-8-6-4-2;5-3(6)1-2-4(7)8;;1-5(2,3)4/h5H,3-4,6-8H2,1-2H3;1-2H2,(H,5,6)(H,7,8);;(H2,1,2,3,4)/q-1;;+1;. The van der Waals surface area contributed by atoms with Crippen LogP contribution in [0.15, 0.2) is 0 Å². The van der Waals surface area contributed by atoms with Gasteiger partial charge in [-0.1, -0.05) is 33.1 Å². The number of carboxylic acid groups (broad SMARTS) is 2. The number of unbranched alkanes of at least 4 members (excludes halogenated alkanes) is 5. The van der Waals surface area contributed by atoms with Gasteiger partial charge in [0.1, 0.15) is 0 Å². The Labute approximate surface area is 154 Å². The van der Waals surface area contributed by atoms with Gasteiger partial charge in [0.2, 0.25) is 0 Å². The summed E-state index contributed by atoms with van der Waals surface area (Å²) in [4.78, 5) is 19.3. The van der Waals surface area contributed by atoms with Gasteiger partial charge in [0, 0.05) is 0 Å². The van der Waals surface area contributed by atoms with Crippen LogP contribution in [0.1, 0.15) is 58.8 Å². The molecule has 22 heavy (non-hydrogen) atoms. The number of aliphatic carboxylic acids is 2. The van der Waals surface area contributed by atoms with E-state index >= 15 is 0 Å². The van der Waals surface area contributed by atoms with E-state index in [1.54, 1.807) is 0 Å². The topological polar surface area (TPSA) is 149 Å². The van der Waals surface area contributed by atoms with Gasteiger partial charge in [0.25, 0.3) is 0 Å². The SMILES string of the molecule is CC[CH-]CCCCC.O=C(O)CCC(=O)O.O=S(=O)(O)O.[Na+]. The zero-order valence-corrected chi connectivity index (χ0v) is 16.2. The second-order valence-electron chi connectivity index (χ2n) is 3.93. The largest absolute Gasteiger partial charge is 1.00 e. The molecule has 128 valence electrons. The number of rotatable bonds is 8. The molecular weight excluding hydrogens is 327 g/mol. The summed E-state index contributed by atoms with van der Waals surface area (Å²) in [6.07, 6.45) is 8.47. The third-order valence-corrected chi connectivity index (χ3v) is 1.85. The van der Waals surface area contributed by atoms with Gasteiger partial charge in [-0.2, -0.15) is 21.3 Å². The molecule has 0 heterocycles. The quantitative estimate of drug-likeness (QED) is 0.197. The van der Waals surface area contributed by atoms with E-state index in [9.17, 15) is 9.59 Å². The molecule has 0 aromatic carbocycles. The molecule has 0 saturated carbocycles. The van der Waals surface area contributed by atoms with Gasteiger partial charge in [0.15, 0.2) is 0 Å². The van der Waals surface area contributed by atoms with Gasteiger partial charge in [-0.25, -0.2) is 0 Å². The molecule has 0 aliphatic heterocycles. The summed E-state index contributed by atoms with van der Waals surface area (Å²) in [5, 5.41) is 15.8. The van der Waals surface area contributed by atoms with Crippen molar-refractivity contribution in [3.05, 3.63) is 6.42 Å². The second kappa shape index (κ2) is 20.8. The Bertz CT molecular complexity index is 328. The fourth-order valence-corrected chi connectivity index (χ4v) is 0.957. The molecule has 0 aromatic rings. The van der Waals surface area contributed by atoms with E-state index in [1.807, 2.05) is 0 Å². The Morgan fingerprint density at radius 2 is 1.32 bits per heavy atom. The van der Waals surface area contributed by atoms with E-state index < -0.39 is 22.3 Å².